The van der Waals surface area contributed by atoms with Crippen LogP contribution < -0.4 is 20.3 Å². The molecule has 0 saturated carbocycles. The summed E-state index contributed by atoms with van der Waals surface area (Å²) in [6.07, 6.45) is 0.0723. The summed E-state index contributed by atoms with van der Waals surface area (Å²) in [4.78, 5) is 43.0. The van der Waals surface area contributed by atoms with Gasteiger partial charge in [0.15, 0.2) is 0 Å². The van der Waals surface area contributed by atoms with Gasteiger partial charge in [0.05, 0.1) is 7.11 Å². The van der Waals surface area contributed by atoms with Crippen LogP contribution in [0.25, 0.3) is 22.5 Å². The lowest BCUT2D eigenvalue weighted by Crippen LogP contribution is -2.59. The maximum absolute atomic E-state index is 14.9. The number of aromatic amines is 1. The van der Waals surface area contributed by atoms with Gasteiger partial charge in [0.25, 0.3) is 5.91 Å². The molecule has 3 N–H and O–H groups in total. The van der Waals surface area contributed by atoms with Crippen LogP contribution in [0.4, 0.5) is 16.2 Å². The van der Waals surface area contributed by atoms with Crippen LogP contribution >= 0.6 is 0 Å². The lowest BCUT2D eigenvalue weighted by Gasteiger charge is -2.32. The smallest absolute Gasteiger partial charge is 0.408 e. The molecular formula is C40H45N7O5. The molecule has 4 aromatic carbocycles. The van der Waals surface area contributed by atoms with Gasteiger partial charge in [-0.2, -0.15) is 5.21 Å². The summed E-state index contributed by atoms with van der Waals surface area (Å²) >= 11 is 0. The third-order valence-corrected chi connectivity index (χ3v) is 8.45. The van der Waals surface area contributed by atoms with Gasteiger partial charge in [0, 0.05) is 16.9 Å². The standard InChI is InChI=1S/C40H45N7O5/c1-26-12-8-9-13-27(26)18-25-34(41-37(49)40(5,6)42-38(50)52-39(2,3)4)36(48)47(30-21-23-31(51-7)24-22-30)29-19-16-28(17-20-29)32-14-10-11-15-33(32)35-43-45-46-44-35/h8-17,19-24,34H,18,25H2,1-7H3,(H,41,49)(H,42,50)(H,43,44,45,46)/t34-/m1/s1. The molecule has 3 amide bonds. The molecule has 52 heavy (non-hydrogen) atoms. The first-order valence-electron chi connectivity index (χ1n) is 17.0. The zero-order valence-corrected chi connectivity index (χ0v) is 30.6. The van der Waals surface area contributed by atoms with Gasteiger partial charge in [-0.1, -0.05) is 60.7 Å². The van der Waals surface area contributed by atoms with Crippen LogP contribution in [0, 0.1) is 6.92 Å². The Morgan fingerprint density at radius 3 is 2.04 bits per heavy atom. The topological polar surface area (TPSA) is 151 Å². The predicted octanol–water partition coefficient (Wildman–Crippen LogP) is 6.94. The van der Waals surface area contributed by atoms with Crippen molar-refractivity contribution in [2.45, 2.75) is 71.6 Å². The Balaban J connectivity index is 1.51. The van der Waals surface area contributed by atoms with Crippen molar-refractivity contribution < 1.29 is 23.9 Å². The number of methoxy groups -OCH3 is 1. The number of benzene rings is 4. The van der Waals surface area contributed by atoms with Crippen molar-refractivity contribution in [2.75, 3.05) is 12.0 Å². The van der Waals surface area contributed by atoms with Crippen LogP contribution in [0.15, 0.2) is 97.1 Å². The number of ether oxygens (including phenoxy) is 2. The van der Waals surface area contributed by atoms with E-state index in [1.54, 1.807) is 70.9 Å². The van der Waals surface area contributed by atoms with Crippen molar-refractivity contribution in [3.63, 3.8) is 0 Å². The summed E-state index contributed by atoms with van der Waals surface area (Å²) in [5.74, 6) is 0.194. The minimum Gasteiger partial charge on any atom is -0.497 e. The van der Waals surface area contributed by atoms with Crippen LogP contribution in [-0.2, 0) is 20.7 Å². The SMILES string of the molecule is COc1ccc(N(C(=O)[C@@H](CCc2ccccc2C)NC(=O)C(C)(C)NC(=O)OC(C)(C)C)c2ccc(-c3ccccc3-c3nn[nH]n3)cc2)cc1. The zero-order valence-electron chi connectivity index (χ0n) is 30.6. The molecule has 5 rings (SSSR count). The molecule has 0 aliphatic carbocycles. The van der Waals surface area contributed by atoms with E-state index in [-0.39, 0.29) is 5.91 Å². The molecule has 1 atom stereocenters. The Morgan fingerprint density at radius 1 is 0.827 bits per heavy atom. The van der Waals surface area contributed by atoms with E-state index in [1.165, 1.54) is 0 Å². The number of carbonyl (C=O) groups is 3. The molecule has 0 fully saturated rings. The summed E-state index contributed by atoms with van der Waals surface area (Å²) in [5, 5.41) is 20.2. The number of carbonyl (C=O) groups excluding carboxylic acids is 3. The normalized spacial score (nSPS) is 12.1. The number of hydrogen-bond donors (Lipinski definition) is 3. The van der Waals surface area contributed by atoms with E-state index in [9.17, 15) is 14.4 Å². The molecule has 1 aromatic heterocycles. The van der Waals surface area contributed by atoms with Gasteiger partial charge in [-0.05, 0) is 118 Å². The average molecular weight is 704 g/mol. The lowest BCUT2D eigenvalue weighted by atomic mass is 9.97. The fraction of sp³-hybridized carbons (Fsp3) is 0.300. The predicted molar refractivity (Wildman–Crippen MR) is 200 cm³/mol. The third kappa shape index (κ3) is 9.19. The molecule has 270 valence electrons. The number of aryl methyl sites for hydroxylation is 2. The third-order valence-electron chi connectivity index (χ3n) is 8.45. The van der Waals surface area contributed by atoms with Gasteiger partial charge in [-0.15, -0.1) is 10.2 Å². The second-order valence-electron chi connectivity index (χ2n) is 13.9. The number of rotatable bonds is 12. The van der Waals surface area contributed by atoms with E-state index in [2.05, 4.69) is 31.3 Å². The molecular weight excluding hydrogens is 658 g/mol. The molecule has 0 radical (unpaired) electrons. The van der Waals surface area contributed by atoms with E-state index in [0.717, 1.165) is 27.8 Å². The summed E-state index contributed by atoms with van der Waals surface area (Å²) in [6, 6.07) is 29.4. The van der Waals surface area contributed by atoms with E-state index in [4.69, 9.17) is 9.47 Å². The number of nitrogens with one attached hydrogen (secondary N) is 3. The monoisotopic (exact) mass is 703 g/mol. The minimum absolute atomic E-state index is 0.292. The Kier molecular flexibility index (Phi) is 11.4. The van der Waals surface area contributed by atoms with E-state index < -0.39 is 29.2 Å². The van der Waals surface area contributed by atoms with Gasteiger partial charge >= 0.3 is 6.09 Å². The molecule has 1 heterocycles. The quantitative estimate of drug-likeness (QED) is 0.127. The number of alkyl carbamates (subject to hydrolysis) is 1. The molecule has 12 nitrogen and oxygen atoms in total. The maximum Gasteiger partial charge on any atom is 0.408 e. The maximum atomic E-state index is 14.9. The van der Waals surface area contributed by atoms with Gasteiger partial charge in [-0.3, -0.25) is 14.5 Å². The van der Waals surface area contributed by atoms with Crippen LogP contribution in [0.2, 0.25) is 0 Å². The molecule has 12 heteroatoms. The molecule has 0 spiro atoms. The van der Waals surface area contributed by atoms with Gasteiger partial charge in [0.1, 0.15) is 22.9 Å². The fourth-order valence-electron chi connectivity index (χ4n) is 5.69. The summed E-state index contributed by atoms with van der Waals surface area (Å²) in [6.45, 7) is 10.4. The second-order valence-corrected chi connectivity index (χ2v) is 13.9. The van der Waals surface area contributed by atoms with Crippen LogP contribution in [-0.4, -0.2) is 62.8 Å². The molecule has 0 unspecified atom stereocenters. The first-order chi connectivity index (χ1) is 24.8. The second kappa shape index (κ2) is 15.9. The molecule has 0 bridgehead atoms. The van der Waals surface area contributed by atoms with Crippen molar-refractivity contribution in [3.8, 4) is 28.3 Å². The highest BCUT2D eigenvalue weighted by Gasteiger charge is 2.36. The van der Waals surface area contributed by atoms with Crippen LogP contribution in [0.5, 0.6) is 5.75 Å². The highest BCUT2D eigenvalue weighted by atomic mass is 16.6. The van der Waals surface area contributed by atoms with Crippen molar-refractivity contribution in [2.24, 2.45) is 0 Å². The molecule has 0 aliphatic rings. The van der Waals surface area contributed by atoms with Crippen molar-refractivity contribution in [3.05, 3.63) is 108 Å². The number of aromatic nitrogens is 4. The fourth-order valence-corrected chi connectivity index (χ4v) is 5.69. The highest BCUT2D eigenvalue weighted by Crippen LogP contribution is 2.34. The van der Waals surface area contributed by atoms with Gasteiger partial charge in [0.2, 0.25) is 11.7 Å². The van der Waals surface area contributed by atoms with E-state index >= 15 is 0 Å². The number of tetrazole rings is 1. The molecule has 0 aliphatic heterocycles. The zero-order chi connectivity index (χ0) is 37.5. The van der Waals surface area contributed by atoms with Crippen molar-refractivity contribution >= 4 is 29.3 Å². The van der Waals surface area contributed by atoms with Gasteiger partial charge < -0.3 is 20.1 Å². The Hall–Kier alpha value is -6.04. The number of amides is 3. The van der Waals surface area contributed by atoms with Crippen LogP contribution in [0.3, 0.4) is 0 Å². The largest absolute Gasteiger partial charge is 0.497 e. The number of nitrogens with zero attached hydrogens (tertiary/aromatic N) is 4. The number of hydrogen-bond acceptors (Lipinski definition) is 8. The molecule has 0 saturated heterocycles. The van der Waals surface area contributed by atoms with Gasteiger partial charge in [-0.25, -0.2) is 4.79 Å². The summed E-state index contributed by atoms with van der Waals surface area (Å²) in [7, 11) is 1.58. The van der Waals surface area contributed by atoms with Crippen molar-refractivity contribution in [1.29, 1.82) is 0 Å². The minimum atomic E-state index is -1.40. The van der Waals surface area contributed by atoms with E-state index in [1.807, 2.05) is 79.7 Å². The van der Waals surface area contributed by atoms with Crippen LogP contribution in [0.1, 0.15) is 52.2 Å². The Labute approximate surface area is 303 Å². The first kappa shape index (κ1) is 37.2. The lowest BCUT2D eigenvalue weighted by molar-refractivity contribution is -0.131. The summed E-state index contributed by atoms with van der Waals surface area (Å²) < 4.78 is 10.8. The summed E-state index contributed by atoms with van der Waals surface area (Å²) in [5.41, 5.74) is 3.70. The van der Waals surface area contributed by atoms with E-state index in [0.29, 0.717) is 35.8 Å². The Morgan fingerprint density at radius 2 is 1.44 bits per heavy atom. The first-order valence-corrected chi connectivity index (χ1v) is 17.0. The molecule has 5 aromatic rings. The Bertz CT molecular complexity index is 1990. The number of H-pyrrole nitrogens is 1. The highest BCUT2D eigenvalue weighted by molar-refractivity contribution is 6.06. The number of anilines is 2. The van der Waals surface area contributed by atoms with Crippen molar-refractivity contribution in [1.82, 2.24) is 31.3 Å². The average Bonchev–Trinajstić information content (AvgIpc) is 3.65.